The second-order valence-electron chi connectivity index (χ2n) is 8.53. The topological polar surface area (TPSA) is 84.9 Å². The van der Waals surface area contributed by atoms with Gasteiger partial charge < -0.3 is 14.8 Å². The number of benzene rings is 3. The second-order valence-corrected chi connectivity index (χ2v) is 11.2. The third-order valence-electron chi connectivity index (χ3n) is 5.68. The van der Waals surface area contributed by atoms with Crippen molar-refractivity contribution in [3.63, 3.8) is 0 Å². The molecule has 0 aliphatic carbocycles. The molecule has 7 nitrogen and oxygen atoms in total. The van der Waals surface area contributed by atoms with Crippen LogP contribution in [0, 0.1) is 6.92 Å². The van der Waals surface area contributed by atoms with Crippen LogP contribution in [0.1, 0.15) is 23.6 Å². The zero-order chi connectivity index (χ0) is 29.0. The number of imide groups is 1. The van der Waals surface area contributed by atoms with E-state index < -0.39 is 17.1 Å². The van der Waals surface area contributed by atoms with E-state index in [-0.39, 0.29) is 34.6 Å². The summed E-state index contributed by atoms with van der Waals surface area (Å²) in [6.07, 6.45) is 1.53. The Balaban J connectivity index is 1.50. The van der Waals surface area contributed by atoms with Gasteiger partial charge in [0.25, 0.3) is 17.1 Å². The minimum atomic E-state index is -0.492. The lowest BCUT2D eigenvalue weighted by atomic mass is 10.1. The lowest BCUT2D eigenvalue weighted by molar-refractivity contribution is -0.123. The number of hydrogen-bond donors (Lipinski definition) is 1. The van der Waals surface area contributed by atoms with Crippen LogP contribution in [-0.4, -0.2) is 35.2 Å². The van der Waals surface area contributed by atoms with Crippen LogP contribution < -0.4 is 14.8 Å². The van der Waals surface area contributed by atoms with Crippen LogP contribution in [0.3, 0.4) is 0 Å². The first-order valence-electron chi connectivity index (χ1n) is 11.9. The van der Waals surface area contributed by atoms with Gasteiger partial charge in [0.1, 0.15) is 0 Å². The number of aryl methyl sites for hydroxylation is 1. The van der Waals surface area contributed by atoms with Crippen LogP contribution in [0.15, 0.2) is 53.4 Å². The fraction of sp³-hybridized carbons (Fsp3) is 0.179. The molecule has 0 aromatic heterocycles. The van der Waals surface area contributed by atoms with Gasteiger partial charge in [-0.1, -0.05) is 58.5 Å². The Morgan fingerprint density at radius 2 is 1.70 bits per heavy atom. The predicted molar refractivity (Wildman–Crippen MR) is 161 cm³/mol. The molecule has 4 rings (SSSR count). The van der Waals surface area contributed by atoms with Gasteiger partial charge in [0.2, 0.25) is 0 Å². The first-order chi connectivity index (χ1) is 19.1. The Bertz CT molecular complexity index is 1510. The van der Waals surface area contributed by atoms with Crippen molar-refractivity contribution in [2.24, 2.45) is 0 Å². The van der Waals surface area contributed by atoms with Crippen molar-refractivity contribution in [1.29, 1.82) is 0 Å². The maximum Gasteiger partial charge on any atom is 0.293 e. The molecule has 1 fully saturated rings. The molecule has 0 bridgehead atoms. The van der Waals surface area contributed by atoms with E-state index in [0.29, 0.717) is 38.5 Å². The van der Waals surface area contributed by atoms with Gasteiger partial charge in [0, 0.05) is 26.3 Å². The fourth-order valence-corrected chi connectivity index (χ4v) is 5.52. The highest BCUT2D eigenvalue weighted by Crippen LogP contribution is 2.40. The highest BCUT2D eigenvalue weighted by molar-refractivity contribution is 8.18. The quantitative estimate of drug-likeness (QED) is 0.237. The third-order valence-corrected chi connectivity index (χ3v) is 7.99. The minimum Gasteiger partial charge on any atom is -0.490 e. The van der Waals surface area contributed by atoms with Crippen LogP contribution in [0.4, 0.5) is 10.5 Å². The minimum absolute atomic E-state index is 0.0604. The van der Waals surface area contributed by atoms with E-state index in [9.17, 15) is 14.4 Å². The molecule has 0 radical (unpaired) electrons. The van der Waals surface area contributed by atoms with Crippen molar-refractivity contribution in [2.45, 2.75) is 20.4 Å². The van der Waals surface area contributed by atoms with Gasteiger partial charge in [-0.15, -0.1) is 0 Å². The molecule has 3 aromatic rings. The highest BCUT2D eigenvalue weighted by atomic mass is 35.5. The second kappa shape index (κ2) is 13.2. The van der Waals surface area contributed by atoms with E-state index in [4.69, 9.17) is 55.9 Å². The predicted octanol–water partition coefficient (Wildman–Crippen LogP) is 8.26. The number of nitrogens with one attached hydrogen (secondary N) is 1. The van der Waals surface area contributed by atoms with Gasteiger partial charge in [-0.25, -0.2) is 0 Å². The molecule has 0 atom stereocenters. The summed E-state index contributed by atoms with van der Waals surface area (Å²) in [6, 6.07) is 13.3. The molecular weight excluding hydrogens is 618 g/mol. The normalized spacial score (nSPS) is 14.2. The monoisotopic (exact) mass is 638 g/mol. The fourth-order valence-electron chi connectivity index (χ4n) is 3.71. The Hall–Kier alpha value is -2.88. The lowest BCUT2D eigenvalue weighted by Crippen LogP contribution is -2.27. The van der Waals surface area contributed by atoms with Crippen LogP contribution in [0.2, 0.25) is 20.1 Å². The number of carbonyl (C=O) groups is 3. The van der Waals surface area contributed by atoms with Gasteiger partial charge in [-0.05, 0) is 79.2 Å². The number of nitrogens with zero attached hydrogens (tertiary/aromatic N) is 1. The summed E-state index contributed by atoms with van der Waals surface area (Å²) in [6.45, 7) is 3.53. The van der Waals surface area contributed by atoms with Gasteiger partial charge in [-0.3, -0.25) is 19.3 Å². The van der Waals surface area contributed by atoms with E-state index in [1.807, 2.05) is 6.92 Å². The van der Waals surface area contributed by atoms with Crippen molar-refractivity contribution < 1.29 is 23.9 Å². The molecule has 0 unspecified atom stereocenters. The zero-order valence-corrected chi connectivity index (χ0v) is 25.1. The molecule has 3 amide bonds. The average Bonchev–Trinajstić information content (AvgIpc) is 3.15. The van der Waals surface area contributed by atoms with E-state index in [0.717, 1.165) is 22.2 Å². The molecule has 40 heavy (non-hydrogen) atoms. The summed E-state index contributed by atoms with van der Waals surface area (Å²) in [4.78, 5) is 39.4. The number of rotatable bonds is 9. The van der Waals surface area contributed by atoms with E-state index in [1.54, 1.807) is 55.5 Å². The van der Waals surface area contributed by atoms with Crippen molar-refractivity contribution in [3.8, 4) is 11.5 Å². The molecule has 12 heteroatoms. The zero-order valence-electron chi connectivity index (χ0n) is 21.2. The van der Waals surface area contributed by atoms with Gasteiger partial charge >= 0.3 is 0 Å². The molecule has 0 spiro atoms. The molecule has 208 valence electrons. The number of amides is 3. The molecule has 1 aliphatic rings. The molecule has 1 aliphatic heterocycles. The lowest BCUT2D eigenvalue weighted by Gasteiger charge is -2.15. The van der Waals surface area contributed by atoms with Crippen LogP contribution in [0.25, 0.3) is 6.08 Å². The molecule has 3 aromatic carbocycles. The first kappa shape index (κ1) is 30.1. The maximum absolute atomic E-state index is 13.1. The van der Waals surface area contributed by atoms with Crippen LogP contribution in [-0.2, 0) is 16.1 Å². The average molecular weight is 640 g/mol. The number of halogens is 4. The Labute approximate surface area is 255 Å². The van der Waals surface area contributed by atoms with E-state index in [1.165, 1.54) is 6.08 Å². The number of anilines is 1. The van der Waals surface area contributed by atoms with Gasteiger partial charge in [0.15, 0.2) is 18.1 Å². The smallest absolute Gasteiger partial charge is 0.293 e. The number of thioether (sulfide) groups is 1. The largest absolute Gasteiger partial charge is 0.490 e. The SMILES string of the molecule is CCOc1cc(/C=C2\SC(=O)N(Cc3c(Cl)cccc3Cl)C2=O)cc(Cl)c1OCC(=O)Nc1ccc(C)c(Cl)c1. The van der Waals surface area contributed by atoms with Gasteiger partial charge in [0.05, 0.1) is 23.1 Å². The molecule has 1 saturated heterocycles. The van der Waals surface area contributed by atoms with Crippen molar-refractivity contribution >= 4 is 87.0 Å². The number of carbonyl (C=O) groups excluding carboxylic acids is 3. The Morgan fingerprint density at radius 1 is 0.975 bits per heavy atom. The molecule has 0 saturated carbocycles. The van der Waals surface area contributed by atoms with Crippen molar-refractivity contribution in [2.75, 3.05) is 18.5 Å². The van der Waals surface area contributed by atoms with Crippen molar-refractivity contribution in [3.05, 3.63) is 90.2 Å². The standard InChI is InChI=1S/C28H22Cl4N2O5S/c1-3-38-23-10-16(9-22(32)26(23)39-14-25(35)33-17-8-7-15(2)21(31)12-17)11-24-27(36)34(28(37)40-24)13-18-19(29)5-4-6-20(18)30/h4-12H,3,13-14H2,1-2H3,(H,33,35)/b24-11-. The molecule has 1 heterocycles. The third kappa shape index (κ3) is 7.06. The molecule has 1 N–H and O–H groups in total. The number of ether oxygens (including phenoxy) is 2. The van der Waals surface area contributed by atoms with Gasteiger partial charge in [-0.2, -0.15) is 0 Å². The summed E-state index contributed by atoms with van der Waals surface area (Å²) in [5.74, 6) is -0.475. The van der Waals surface area contributed by atoms with E-state index in [2.05, 4.69) is 5.32 Å². The van der Waals surface area contributed by atoms with E-state index >= 15 is 0 Å². The Morgan fingerprint density at radius 3 is 2.38 bits per heavy atom. The van der Waals surface area contributed by atoms with Crippen LogP contribution in [0.5, 0.6) is 11.5 Å². The maximum atomic E-state index is 13.1. The van der Waals surface area contributed by atoms with Crippen LogP contribution >= 0.6 is 58.2 Å². The summed E-state index contributed by atoms with van der Waals surface area (Å²) in [5, 5.41) is 3.66. The summed E-state index contributed by atoms with van der Waals surface area (Å²) in [5.41, 5.74) is 2.40. The molecular formula is C28H22Cl4N2O5S. The highest BCUT2D eigenvalue weighted by Gasteiger charge is 2.36. The first-order valence-corrected chi connectivity index (χ1v) is 14.2. The summed E-state index contributed by atoms with van der Waals surface area (Å²) in [7, 11) is 0. The number of hydrogen-bond acceptors (Lipinski definition) is 6. The Kier molecular flexibility index (Phi) is 9.92. The van der Waals surface area contributed by atoms with Crippen molar-refractivity contribution in [1.82, 2.24) is 4.90 Å². The summed E-state index contributed by atoms with van der Waals surface area (Å²) >= 11 is 25.8. The summed E-state index contributed by atoms with van der Waals surface area (Å²) < 4.78 is 11.4.